The van der Waals surface area contributed by atoms with Crippen LogP contribution in [0.1, 0.15) is 33.1 Å². The molecule has 0 radical (unpaired) electrons. The van der Waals surface area contributed by atoms with Gasteiger partial charge >= 0.3 is 5.97 Å². The molecule has 2 atom stereocenters. The summed E-state index contributed by atoms with van der Waals surface area (Å²) in [4.78, 5) is 10.3. The minimum absolute atomic E-state index is 0.570. The normalized spacial score (nSPS) is 28.7. The van der Waals surface area contributed by atoms with Crippen molar-refractivity contribution in [2.75, 3.05) is 0 Å². The number of rotatable bonds is 4. The van der Waals surface area contributed by atoms with E-state index in [4.69, 9.17) is 5.11 Å². The van der Waals surface area contributed by atoms with Crippen molar-refractivity contribution in [1.29, 1.82) is 0 Å². The van der Waals surface area contributed by atoms with Crippen molar-refractivity contribution in [1.82, 2.24) is 0 Å². The van der Waals surface area contributed by atoms with Gasteiger partial charge in [0.05, 0.1) is 0 Å². The zero-order chi connectivity index (χ0) is 9.14. The Balaban J connectivity index is 2.37. The largest absolute Gasteiger partial charge is 0.478 e. The highest BCUT2D eigenvalue weighted by Gasteiger charge is 2.36. The van der Waals surface area contributed by atoms with Crippen LogP contribution < -0.4 is 0 Å². The molecule has 0 aromatic heterocycles. The number of aliphatic carboxylic acids is 1. The van der Waals surface area contributed by atoms with Crippen molar-refractivity contribution >= 4 is 5.97 Å². The van der Waals surface area contributed by atoms with Crippen molar-refractivity contribution in [3.05, 3.63) is 11.6 Å². The molecule has 2 heteroatoms. The molecule has 1 saturated carbocycles. The van der Waals surface area contributed by atoms with Gasteiger partial charge in [0.1, 0.15) is 0 Å². The van der Waals surface area contributed by atoms with Crippen molar-refractivity contribution in [3.63, 3.8) is 0 Å². The lowest BCUT2D eigenvalue weighted by Gasteiger charge is -1.96. The molecule has 0 heterocycles. The summed E-state index contributed by atoms with van der Waals surface area (Å²) in [6.45, 7) is 4.10. The molecule has 0 aromatic rings. The first-order valence-corrected chi connectivity index (χ1v) is 4.56. The summed E-state index contributed by atoms with van der Waals surface area (Å²) in [7, 11) is 0. The van der Waals surface area contributed by atoms with Crippen LogP contribution in [0.25, 0.3) is 0 Å². The Morgan fingerprint density at radius 2 is 2.33 bits per heavy atom. The predicted molar refractivity (Wildman–Crippen MR) is 47.9 cm³/mol. The summed E-state index contributed by atoms with van der Waals surface area (Å²) in [6, 6.07) is 0. The molecular formula is C10H16O2. The lowest BCUT2D eigenvalue weighted by molar-refractivity contribution is -0.131. The van der Waals surface area contributed by atoms with Gasteiger partial charge in [-0.05, 0) is 25.2 Å². The number of allylic oxidation sites excluding steroid dienone is 1. The number of hydrogen-bond acceptors (Lipinski definition) is 1. The van der Waals surface area contributed by atoms with Gasteiger partial charge in [0, 0.05) is 6.08 Å². The van der Waals surface area contributed by atoms with Gasteiger partial charge in [-0.15, -0.1) is 0 Å². The minimum Gasteiger partial charge on any atom is -0.478 e. The van der Waals surface area contributed by atoms with Crippen LogP contribution in [-0.2, 0) is 4.79 Å². The fourth-order valence-electron chi connectivity index (χ4n) is 1.80. The van der Waals surface area contributed by atoms with E-state index in [-0.39, 0.29) is 0 Å². The minimum atomic E-state index is -0.811. The summed E-state index contributed by atoms with van der Waals surface area (Å²) in [5, 5.41) is 8.50. The van der Waals surface area contributed by atoms with Crippen molar-refractivity contribution in [2.45, 2.75) is 33.1 Å². The van der Waals surface area contributed by atoms with Crippen LogP contribution in [0.3, 0.4) is 0 Å². The van der Waals surface area contributed by atoms with Gasteiger partial charge in [-0.1, -0.05) is 25.3 Å². The summed E-state index contributed by atoms with van der Waals surface area (Å²) >= 11 is 0. The first-order valence-electron chi connectivity index (χ1n) is 4.56. The lowest BCUT2D eigenvalue weighted by atomic mass is 10.1. The molecule has 2 nitrogen and oxygen atoms in total. The molecule has 0 saturated heterocycles. The Bertz CT molecular complexity index is 206. The molecule has 0 amide bonds. The second kappa shape index (κ2) is 3.74. The van der Waals surface area contributed by atoms with Crippen LogP contribution in [0.15, 0.2) is 11.6 Å². The molecule has 1 fully saturated rings. The van der Waals surface area contributed by atoms with Crippen LogP contribution in [0.5, 0.6) is 0 Å². The summed E-state index contributed by atoms with van der Waals surface area (Å²) in [5.41, 5.74) is 1.04. The Labute approximate surface area is 73.3 Å². The fraction of sp³-hybridized carbons (Fsp3) is 0.700. The number of hydrogen-bond donors (Lipinski definition) is 1. The van der Waals surface area contributed by atoms with E-state index in [1.165, 1.54) is 25.3 Å². The molecule has 1 aliphatic carbocycles. The van der Waals surface area contributed by atoms with Crippen LogP contribution in [-0.4, -0.2) is 11.1 Å². The van der Waals surface area contributed by atoms with Gasteiger partial charge in [-0.3, -0.25) is 0 Å². The number of carboxylic acids is 1. The first kappa shape index (κ1) is 9.30. The van der Waals surface area contributed by atoms with Gasteiger partial charge in [-0.2, -0.15) is 0 Å². The molecule has 0 spiro atoms. The second-order valence-electron chi connectivity index (χ2n) is 3.62. The van der Waals surface area contributed by atoms with Gasteiger partial charge in [0.25, 0.3) is 0 Å². The summed E-state index contributed by atoms with van der Waals surface area (Å²) in [5.74, 6) is 0.529. The average Bonchev–Trinajstić information content (AvgIpc) is 2.66. The van der Waals surface area contributed by atoms with E-state index in [2.05, 4.69) is 6.92 Å². The molecule has 68 valence electrons. The number of carboxylic acid groups (broad SMARTS) is 1. The maximum Gasteiger partial charge on any atom is 0.328 e. The van der Waals surface area contributed by atoms with E-state index in [0.29, 0.717) is 5.92 Å². The zero-order valence-electron chi connectivity index (χ0n) is 7.71. The highest BCUT2D eigenvalue weighted by atomic mass is 16.4. The number of carbonyl (C=O) groups is 1. The van der Waals surface area contributed by atoms with Crippen LogP contribution in [0, 0.1) is 11.8 Å². The standard InChI is InChI=1S/C10H16O2/c1-3-4-8-6-9(8)7(2)5-10(11)12/h5,8-9H,3-4,6H2,1-2H3,(H,11,12)/b7-5+. The van der Waals surface area contributed by atoms with Crippen LogP contribution in [0.4, 0.5) is 0 Å². The quantitative estimate of drug-likeness (QED) is 0.655. The SMILES string of the molecule is CCCC1CC1/C(C)=C/C(=O)O. The molecule has 1 rings (SSSR count). The predicted octanol–water partition coefficient (Wildman–Crippen LogP) is 2.45. The monoisotopic (exact) mass is 168 g/mol. The Morgan fingerprint density at radius 1 is 1.67 bits per heavy atom. The van der Waals surface area contributed by atoms with Gasteiger partial charge in [0.2, 0.25) is 0 Å². The van der Waals surface area contributed by atoms with E-state index in [0.717, 1.165) is 11.5 Å². The Hall–Kier alpha value is -0.790. The Kier molecular flexibility index (Phi) is 2.90. The van der Waals surface area contributed by atoms with Gasteiger partial charge in [0.15, 0.2) is 0 Å². The van der Waals surface area contributed by atoms with E-state index < -0.39 is 5.97 Å². The highest BCUT2D eigenvalue weighted by molar-refractivity contribution is 5.80. The Morgan fingerprint density at radius 3 is 2.83 bits per heavy atom. The van der Waals surface area contributed by atoms with E-state index in [1.54, 1.807) is 0 Å². The topological polar surface area (TPSA) is 37.3 Å². The smallest absolute Gasteiger partial charge is 0.328 e. The van der Waals surface area contributed by atoms with E-state index in [1.807, 2.05) is 6.92 Å². The molecule has 1 aliphatic rings. The third-order valence-electron chi connectivity index (χ3n) is 2.52. The second-order valence-corrected chi connectivity index (χ2v) is 3.62. The molecule has 0 aliphatic heterocycles. The highest BCUT2D eigenvalue weighted by Crippen LogP contribution is 2.46. The van der Waals surface area contributed by atoms with Crippen molar-refractivity contribution < 1.29 is 9.90 Å². The molecule has 12 heavy (non-hydrogen) atoms. The third-order valence-corrected chi connectivity index (χ3v) is 2.52. The van der Waals surface area contributed by atoms with Crippen LogP contribution >= 0.6 is 0 Å². The van der Waals surface area contributed by atoms with Crippen LogP contribution in [0.2, 0.25) is 0 Å². The molecule has 0 bridgehead atoms. The zero-order valence-corrected chi connectivity index (χ0v) is 7.71. The first-order chi connectivity index (χ1) is 5.65. The van der Waals surface area contributed by atoms with Gasteiger partial charge in [-0.25, -0.2) is 4.79 Å². The summed E-state index contributed by atoms with van der Waals surface area (Å²) < 4.78 is 0. The molecular weight excluding hydrogens is 152 g/mol. The lowest BCUT2D eigenvalue weighted by Crippen LogP contribution is -1.92. The van der Waals surface area contributed by atoms with E-state index in [9.17, 15) is 4.79 Å². The summed E-state index contributed by atoms with van der Waals surface area (Å²) in [6.07, 6.45) is 5.00. The average molecular weight is 168 g/mol. The van der Waals surface area contributed by atoms with E-state index >= 15 is 0 Å². The maximum atomic E-state index is 10.3. The van der Waals surface area contributed by atoms with Crippen molar-refractivity contribution in [3.8, 4) is 0 Å². The van der Waals surface area contributed by atoms with Gasteiger partial charge < -0.3 is 5.11 Å². The fourth-order valence-corrected chi connectivity index (χ4v) is 1.80. The molecule has 1 N–H and O–H groups in total. The molecule has 2 unspecified atom stereocenters. The van der Waals surface area contributed by atoms with Crippen molar-refractivity contribution in [2.24, 2.45) is 11.8 Å². The third kappa shape index (κ3) is 2.36. The molecule has 0 aromatic carbocycles. The maximum absolute atomic E-state index is 10.3.